The molecule has 4 saturated carbocycles. The van der Waals surface area contributed by atoms with Crippen molar-refractivity contribution in [3.8, 4) is 5.75 Å². The third kappa shape index (κ3) is 3.94. The maximum absolute atomic E-state index is 13.1. The van der Waals surface area contributed by atoms with E-state index >= 15 is 0 Å². The average molecular weight is 394 g/mol. The van der Waals surface area contributed by atoms with Gasteiger partial charge in [-0.1, -0.05) is 30.3 Å². The van der Waals surface area contributed by atoms with E-state index in [-0.39, 0.29) is 5.82 Å². The van der Waals surface area contributed by atoms with E-state index in [1.165, 1.54) is 56.2 Å². The quantitative estimate of drug-likeness (QED) is 0.614. The molecule has 4 bridgehead atoms. The SMILES string of the molecule is C[C@@H](NCc1ccccc1OCc1ccc(F)cc1)C12CC3CC(CC(C3)C1)C2. The summed E-state index contributed by atoms with van der Waals surface area (Å²) in [5.41, 5.74) is 2.70. The average Bonchev–Trinajstić information content (AvgIpc) is 2.71. The fourth-order valence-electron chi connectivity index (χ4n) is 6.72. The number of ether oxygens (including phenoxy) is 1. The van der Waals surface area contributed by atoms with E-state index in [0.717, 1.165) is 35.6 Å². The van der Waals surface area contributed by atoms with Crippen LogP contribution in [0.4, 0.5) is 4.39 Å². The van der Waals surface area contributed by atoms with Gasteiger partial charge in [-0.05, 0) is 92.4 Å². The van der Waals surface area contributed by atoms with Gasteiger partial charge in [0.15, 0.2) is 0 Å². The highest BCUT2D eigenvalue weighted by Crippen LogP contribution is 2.61. The summed E-state index contributed by atoms with van der Waals surface area (Å²) in [6.45, 7) is 3.71. The lowest BCUT2D eigenvalue weighted by Gasteiger charge is -2.59. The number of rotatable bonds is 7. The van der Waals surface area contributed by atoms with Crippen molar-refractivity contribution in [1.82, 2.24) is 5.32 Å². The minimum Gasteiger partial charge on any atom is -0.489 e. The standard InChI is InChI=1S/C26H32FNO/c1-18(26-13-20-10-21(14-26)12-22(11-20)15-26)28-16-23-4-2-3-5-25(23)29-17-19-6-8-24(27)9-7-19/h2-9,18,20-22,28H,10-17H2,1H3/t18-,20?,21?,22?,26?/m1/s1. The minimum atomic E-state index is -0.211. The monoisotopic (exact) mass is 393 g/mol. The lowest BCUT2D eigenvalue weighted by Crippen LogP contribution is -2.54. The van der Waals surface area contributed by atoms with Gasteiger partial charge in [-0.3, -0.25) is 0 Å². The van der Waals surface area contributed by atoms with Crippen molar-refractivity contribution >= 4 is 0 Å². The molecule has 0 heterocycles. The summed E-state index contributed by atoms with van der Waals surface area (Å²) in [7, 11) is 0. The normalized spacial score (nSPS) is 31.0. The van der Waals surface area contributed by atoms with Crippen molar-refractivity contribution in [2.24, 2.45) is 23.2 Å². The Hall–Kier alpha value is -1.87. The molecule has 2 aromatic rings. The van der Waals surface area contributed by atoms with E-state index in [1.54, 1.807) is 12.1 Å². The third-order valence-electron chi connectivity index (χ3n) is 7.88. The molecule has 0 radical (unpaired) electrons. The third-order valence-corrected chi connectivity index (χ3v) is 7.88. The number of para-hydroxylation sites is 1. The van der Waals surface area contributed by atoms with E-state index in [4.69, 9.17) is 4.74 Å². The molecule has 1 atom stereocenters. The van der Waals surface area contributed by atoms with Gasteiger partial charge in [-0.15, -0.1) is 0 Å². The highest BCUT2D eigenvalue weighted by molar-refractivity contribution is 5.33. The molecule has 154 valence electrons. The largest absolute Gasteiger partial charge is 0.489 e. The lowest BCUT2D eigenvalue weighted by molar-refractivity contribution is -0.0706. The minimum absolute atomic E-state index is 0.211. The van der Waals surface area contributed by atoms with Gasteiger partial charge in [0.2, 0.25) is 0 Å². The van der Waals surface area contributed by atoms with E-state index in [0.29, 0.717) is 18.1 Å². The fourth-order valence-corrected chi connectivity index (χ4v) is 6.72. The zero-order valence-corrected chi connectivity index (χ0v) is 17.4. The molecule has 0 aromatic heterocycles. The Balaban J connectivity index is 1.22. The van der Waals surface area contributed by atoms with Crippen molar-refractivity contribution < 1.29 is 9.13 Å². The van der Waals surface area contributed by atoms with Crippen molar-refractivity contribution in [2.75, 3.05) is 0 Å². The first-order chi connectivity index (χ1) is 14.1. The molecule has 2 nitrogen and oxygen atoms in total. The molecule has 4 aliphatic carbocycles. The lowest BCUT2D eigenvalue weighted by atomic mass is 9.48. The molecular weight excluding hydrogens is 361 g/mol. The van der Waals surface area contributed by atoms with Crippen LogP contribution >= 0.6 is 0 Å². The van der Waals surface area contributed by atoms with E-state index in [2.05, 4.69) is 24.4 Å². The topological polar surface area (TPSA) is 21.3 Å². The Labute approximate surface area is 173 Å². The van der Waals surface area contributed by atoms with Crippen LogP contribution in [0.15, 0.2) is 48.5 Å². The summed E-state index contributed by atoms with van der Waals surface area (Å²) in [4.78, 5) is 0. The second-order valence-corrected chi connectivity index (χ2v) is 9.91. The van der Waals surface area contributed by atoms with Gasteiger partial charge < -0.3 is 10.1 Å². The first kappa shape index (κ1) is 19.1. The van der Waals surface area contributed by atoms with Crippen molar-refractivity contribution in [3.63, 3.8) is 0 Å². The highest BCUT2D eigenvalue weighted by Gasteiger charge is 2.52. The first-order valence-corrected chi connectivity index (χ1v) is 11.3. The molecular formula is C26H32FNO. The van der Waals surface area contributed by atoms with Crippen molar-refractivity contribution in [1.29, 1.82) is 0 Å². The first-order valence-electron chi connectivity index (χ1n) is 11.3. The van der Waals surface area contributed by atoms with Crippen LogP contribution in [0.25, 0.3) is 0 Å². The van der Waals surface area contributed by atoms with Gasteiger partial charge in [0, 0.05) is 18.2 Å². The number of benzene rings is 2. The zero-order chi connectivity index (χ0) is 19.8. The summed E-state index contributed by atoms with van der Waals surface area (Å²) in [6.07, 6.45) is 8.76. The van der Waals surface area contributed by atoms with Crippen molar-refractivity contribution in [2.45, 2.75) is 64.6 Å². The highest BCUT2D eigenvalue weighted by atomic mass is 19.1. The van der Waals surface area contributed by atoms with Gasteiger partial charge in [0.05, 0.1) is 0 Å². The van der Waals surface area contributed by atoms with Gasteiger partial charge in [-0.25, -0.2) is 4.39 Å². The maximum Gasteiger partial charge on any atom is 0.124 e. The van der Waals surface area contributed by atoms with Gasteiger partial charge in [0.25, 0.3) is 0 Å². The molecule has 4 fully saturated rings. The molecule has 29 heavy (non-hydrogen) atoms. The summed E-state index contributed by atoms with van der Waals surface area (Å²) < 4.78 is 19.2. The molecule has 3 heteroatoms. The Kier molecular flexibility index (Phi) is 5.11. The fraction of sp³-hybridized carbons (Fsp3) is 0.538. The van der Waals surface area contributed by atoms with Crippen LogP contribution in [0.3, 0.4) is 0 Å². The van der Waals surface area contributed by atoms with Crippen LogP contribution in [0, 0.1) is 29.0 Å². The summed E-state index contributed by atoms with van der Waals surface area (Å²) in [5, 5.41) is 3.87. The molecule has 1 N–H and O–H groups in total. The van der Waals surface area contributed by atoms with Crippen LogP contribution in [0.5, 0.6) is 5.75 Å². The Bertz CT molecular complexity index is 811. The Morgan fingerprint density at radius 3 is 2.24 bits per heavy atom. The molecule has 2 aromatic carbocycles. The van der Waals surface area contributed by atoms with Crippen LogP contribution in [-0.4, -0.2) is 6.04 Å². The summed E-state index contributed by atoms with van der Waals surface area (Å²) >= 11 is 0. The Morgan fingerprint density at radius 2 is 1.59 bits per heavy atom. The predicted molar refractivity (Wildman–Crippen MR) is 114 cm³/mol. The number of nitrogens with one attached hydrogen (secondary N) is 1. The van der Waals surface area contributed by atoms with Crippen LogP contribution in [0.1, 0.15) is 56.6 Å². The van der Waals surface area contributed by atoms with Gasteiger partial charge in [-0.2, -0.15) is 0 Å². The van der Waals surface area contributed by atoms with Crippen LogP contribution in [0.2, 0.25) is 0 Å². The van der Waals surface area contributed by atoms with E-state index in [9.17, 15) is 4.39 Å². The maximum atomic E-state index is 13.1. The number of halogens is 1. The Morgan fingerprint density at radius 1 is 0.966 bits per heavy atom. The second-order valence-electron chi connectivity index (χ2n) is 9.91. The smallest absolute Gasteiger partial charge is 0.124 e. The predicted octanol–water partition coefficient (Wildman–Crippen LogP) is 6.10. The van der Waals surface area contributed by atoms with Gasteiger partial charge in [0.1, 0.15) is 18.2 Å². The molecule has 0 aliphatic heterocycles. The summed E-state index contributed by atoms with van der Waals surface area (Å²) in [5.74, 6) is 3.66. The number of hydrogen-bond donors (Lipinski definition) is 1. The summed E-state index contributed by atoms with van der Waals surface area (Å²) in [6, 6.07) is 15.4. The zero-order valence-electron chi connectivity index (χ0n) is 17.4. The van der Waals surface area contributed by atoms with Crippen LogP contribution in [-0.2, 0) is 13.2 Å². The molecule has 0 spiro atoms. The molecule has 6 rings (SSSR count). The molecule has 0 amide bonds. The molecule has 0 saturated heterocycles. The van der Waals surface area contributed by atoms with E-state index < -0.39 is 0 Å². The van der Waals surface area contributed by atoms with Gasteiger partial charge >= 0.3 is 0 Å². The molecule has 0 unspecified atom stereocenters. The van der Waals surface area contributed by atoms with Crippen LogP contribution < -0.4 is 10.1 Å². The number of hydrogen-bond acceptors (Lipinski definition) is 2. The van der Waals surface area contributed by atoms with Crippen molar-refractivity contribution in [3.05, 3.63) is 65.5 Å². The molecule has 4 aliphatic rings. The second kappa shape index (κ2) is 7.75. The van der Waals surface area contributed by atoms with E-state index in [1.807, 2.05) is 12.1 Å².